The van der Waals surface area contributed by atoms with Crippen LogP contribution in [0, 0.1) is 0 Å². The van der Waals surface area contributed by atoms with Crippen molar-refractivity contribution < 1.29 is 0 Å². The third-order valence-electron chi connectivity index (χ3n) is 2.27. The van der Waals surface area contributed by atoms with Gasteiger partial charge in [0.1, 0.15) is 0 Å². The predicted octanol–water partition coefficient (Wildman–Crippen LogP) is 4.68. The first-order valence-corrected chi connectivity index (χ1v) is 6.53. The van der Waals surface area contributed by atoms with E-state index in [4.69, 9.17) is 0 Å². The molecule has 15 heavy (non-hydrogen) atoms. The topological polar surface area (TPSA) is 12.0 Å². The molecule has 0 bridgehead atoms. The molecule has 0 spiro atoms. The second-order valence-electron chi connectivity index (χ2n) is 3.43. The molecule has 1 heterocycles. The van der Waals surface area contributed by atoms with Crippen LogP contribution in [0.5, 0.6) is 0 Å². The minimum absolute atomic E-state index is 0.340. The fourth-order valence-corrected chi connectivity index (χ4v) is 2.29. The monoisotopic (exact) mass is 281 g/mol. The Labute approximate surface area is 102 Å². The molecule has 2 aromatic rings. The van der Waals surface area contributed by atoms with Crippen molar-refractivity contribution in [3.63, 3.8) is 0 Å². The summed E-state index contributed by atoms with van der Waals surface area (Å²) in [7, 11) is 0. The van der Waals surface area contributed by atoms with Gasteiger partial charge in [-0.25, -0.2) is 0 Å². The molecule has 0 radical (unpaired) electrons. The van der Waals surface area contributed by atoms with E-state index in [0.29, 0.717) is 6.04 Å². The van der Waals surface area contributed by atoms with Crippen LogP contribution in [-0.4, -0.2) is 0 Å². The van der Waals surface area contributed by atoms with Gasteiger partial charge in [-0.15, -0.1) is 0 Å². The van der Waals surface area contributed by atoms with Gasteiger partial charge in [0, 0.05) is 21.6 Å². The summed E-state index contributed by atoms with van der Waals surface area (Å²) in [5, 5.41) is 7.65. The van der Waals surface area contributed by atoms with Gasteiger partial charge >= 0.3 is 0 Å². The van der Waals surface area contributed by atoms with Gasteiger partial charge in [-0.05, 0) is 36.1 Å². The van der Waals surface area contributed by atoms with Crippen molar-refractivity contribution in [1.82, 2.24) is 0 Å². The lowest BCUT2D eigenvalue weighted by molar-refractivity contribution is 0.885. The molecule has 1 N–H and O–H groups in total. The normalized spacial score (nSPS) is 12.4. The Hall–Kier alpha value is -0.800. The van der Waals surface area contributed by atoms with Gasteiger partial charge in [0.15, 0.2) is 0 Å². The second kappa shape index (κ2) is 4.81. The van der Waals surface area contributed by atoms with Crippen LogP contribution in [0.3, 0.4) is 0 Å². The molecular weight excluding hydrogens is 270 g/mol. The van der Waals surface area contributed by atoms with Crippen LogP contribution in [-0.2, 0) is 0 Å². The number of rotatable bonds is 3. The van der Waals surface area contributed by atoms with Gasteiger partial charge in [-0.3, -0.25) is 0 Å². The smallest absolute Gasteiger partial charge is 0.0485 e. The van der Waals surface area contributed by atoms with Gasteiger partial charge in [0.05, 0.1) is 0 Å². The number of anilines is 1. The quantitative estimate of drug-likeness (QED) is 0.861. The van der Waals surface area contributed by atoms with E-state index in [2.05, 4.69) is 69.3 Å². The fourth-order valence-electron chi connectivity index (χ4n) is 1.43. The fraction of sp³-hybridized carbons (Fsp3) is 0.167. The summed E-state index contributed by atoms with van der Waals surface area (Å²) in [4.78, 5) is 0. The molecule has 1 aromatic carbocycles. The molecule has 3 heteroatoms. The number of hydrogen-bond acceptors (Lipinski definition) is 2. The van der Waals surface area contributed by atoms with Crippen LogP contribution in [0.15, 0.2) is 45.6 Å². The number of benzene rings is 1. The average Bonchev–Trinajstić information content (AvgIpc) is 2.71. The predicted molar refractivity (Wildman–Crippen MR) is 70.5 cm³/mol. The first-order valence-electron chi connectivity index (χ1n) is 4.80. The molecule has 0 fully saturated rings. The first-order chi connectivity index (χ1) is 7.25. The van der Waals surface area contributed by atoms with Crippen LogP contribution in [0.25, 0.3) is 0 Å². The van der Waals surface area contributed by atoms with Crippen LogP contribution in [0.1, 0.15) is 18.5 Å². The Kier molecular flexibility index (Phi) is 3.44. The molecule has 2 rings (SSSR count). The molecule has 1 nitrogen and oxygen atoms in total. The van der Waals surface area contributed by atoms with E-state index in [-0.39, 0.29) is 0 Å². The lowest BCUT2D eigenvalue weighted by Gasteiger charge is -2.14. The minimum atomic E-state index is 0.340. The van der Waals surface area contributed by atoms with E-state index in [0.717, 1.165) is 4.47 Å². The highest BCUT2D eigenvalue weighted by Gasteiger charge is 2.04. The third kappa shape index (κ3) is 2.83. The van der Waals surface area contributed by atoms with Crippen molar-refractivity contribution in [1.29, 1.82) is 0 Å². The van der Waals surface area contributed by atoms with E-state index in [1.807, 2.05) is 0 Å². The van der Waals surface area contributed by atoms with Crippen LogP contribution in [0.4, 0.5) is 5.69 Å². The largest absolute Gasteiger partial charge is 0.378 e. The van der Waals surface area contributed by atoms with Gasteiger partial charge in [0.2, 0.25) is 0 Å². The molecule has 1 unspecified atom stereocenters. The van der Waals surface area contributed by atoms with Crippen LogP contribution >= 0.6 is 27.3 Å². The second-order valence-corrected chi connectivity index (χ2v) is 5.13. The maximum Gasteiger partial charge on any atom is 0.0485 e. The Morgan fingerprint density at radius 2 is 1.93 bits per heavy atom. The van der Waals surface area contributed by atoms with E-state index >= 15 is 0 Å². The van der Waals surface area contributed by atoms with Crippen LogP contribution < -0.4 is 5.32 Å². The third-order valence-corrected chi connectivity index (χ3v) is 3.49. The van der Waals surface area contributed by atoms with Gasteiger partial charge < -0.3 is 5.32 Å². The van der Waals surface area contributed by atoms with E-state index < -0.39 is 0 Å². The number of thiophene rings is 1. The Bertz CT molecular complexity index is 408. The molecule has 0 aliphatic rings. The summed E-state index contributed by atoms with van der Waals surface area (Å²) in [5.41, 5.74) is 2.49. The van der Waals surface area contributed by atoms with Gasteiger partial charge in [-0.1, -0.05) is 28.1 Å². The summed E-state index contributed by atoms with van der Waals surface area (Å²) < 4.78 is 1.12. The molecule has 0 aliphatic heterocycles. The van der Waals surface area contributed by atoms with E-state index in [1.165, 1.54) is 11.3 Å². The van der Waals surface area contributed by atoms with Gasteiger partial charge in [-0.2, -0.15) is 11.3 Å². The molecular formula is C12H12BrNS. The van der Waals surface area contributed by atoms with Crippen molar-refractivity contribution in [2.45, 2.75) is 13.0 Å². The van der Waals surface area contributed by atoms with E-state index in [1.54, 1.807) is 11.3 Å². The highest BCUT2D eigenvalue weighted by Crippen LogP contribution is 2.22. The lowest BCUT2D eigenvalue weighted by atomic mass is 10.1. The molecule has 1 aromatic heterocycles. The number of nitrogens with one attached hydrogen (secondary N) is 1. The Morgan fingerprint density at radius 3 is 2.53 bits per heavy atom. The van der Waals surface area contributed by atoms with Crippen molar-refractivity contribution >= 4 is 33.0 Å². The molecule has 1 atom stereocenters. The standard InChI is InChI=1S/C12H12BrNS/c1-9(14-12-6-7-15-8-12)10-2-4-11(13)5-3-10/h2-9,14H,1H3. The highest BCUT2D eigenvalue weighted by molar-refractivity contribution is 9.10. The SMILES string of the molecule is CC(Nc1ccsc1)c1ccc(Br)cc1. The summed E-state index contributed by atoms with van der Waals surface area (Å²) in [6.07, 6.45) is 0. The number of hydrogen-bond donors (Lipinski definition) is 1. The van der Waals surface area contributed by atoms with Crippen molar-refractivity contribution in [3.8, 4) is 0 Å². The maximum atomic E-state index is 3.45. The Balaban J connectivity index is 2.08. The van der Waals surface area contributed by atoms with Gasteiger partial charge in [0.25, 0.3) is 0 Å². The molecule has 0 aliphatic carbocycles. The molecule has 0 saturated carbocycles. The highest BCUT2D eigenvalue weighted by atomic mass is 79.9. The van der Waals surface area contributed by atoms with E-state index in [9.17, 15) is 0 Å². The summed E-state index contributed by atoms with van der Waals surface area (Å²) in [6, 6.07) is 10.8. The molecule has 0 saturated heterocycles. The molecule has 78 valence electrons. The summed E-state index contributed by atoms with van der Waals surface area (Å²) in [6.45, 7) is 2.17. The zero-order chi connectivity index (χ0) is 10.7. The zero-order valence-electron chi connectivity index (χ0n) is 8.41. The van der Waals surface area contributed by atoms with Crippen molar-refractivity contribution in [2.75, 3.05) is 5.32 Å². The average molecular weight is 282 g/mol. The number of halogens is 1. The van der Waals surface area contributed by atoms with Crippen molar-refractivity contribution in [3.05, 3.63) is 51.1 Å². The zero-order valence-corrected chi connectivity index (χ0v) is 10.8. The maximum absolute atomic E-state index is 3.45. The summed E-state index contributed by atoms with van der Waals surface area (Å²) in [5.74, 6) is 0. The minimum Gasteiger partial charge on any atom is -0.378 e. The first kappa shape index (κ1) is 10.7. The summed E-state index contributed by atoms with van der Waals surface area (Å²) >= 11 is 5.15. The Morgan fingerprint density at radius 1 is 1.20 bits per heavy atom. The molecule has 0 amide bonds. The lowest BCUT2D eigenvalue weighted by Crippen LogP contribution is -2.05. The van der Waals surface area contributed by atoms with Crippen LogP contribution in [0.2, 0.25) is 0 Å². The van der Waals surface area contributed by atoms with Crippen molar-refractivity contribution in [2.24, 2.45) is 0 Å².